The molecule has 152 valence electrons. The molecule has 2 amide bonds. The van der Waals surface area contributed by atoms with Crippen LogP contribution in [-0.2, 0) is 11.4 Å². The summed E-state index contributed by atoms with van der Waals surface area (Å²) in [6.45, 7) is 0.502. The van der Waals surface area contributed by atoms with Crippen LogP contribution in [0.5, 0.6) is 5.75 Å². The standard InChI is InChI=1S/C24H16N2O4S/c27-23-21(31-24(28)26-23)11-19-10-17-12-25-13-20(22(17)30-19)16-6-8-18(9-7-16)29-14-15-4-2-1-3-5-15/h1-13H,14H2,(H,26,27,28)/b21-11-. The summed E-state index contributed by atoms with van der Waals surface area (Å²) in [7, 11) is 0. The molecule has 1 fully saturated rings. The third-order valence-corrected chi connectivity index (χ3v) is 5.58. The molecule has 1 aliphatic rings. The van der Waals surface area contributed by atoms with Crippen molar-refractivity contribution in [3.8, 4) is 16.9 Å². The highest BCUT2D eigenvalue weighted by Gasteiger charge is 2.25. The molecule has 31 heavy (non-hydrogen) atoms. The Morgan fingerprint density at radius 2 is 1.84 bits per heavy atom. The van der Waals surface area contributed by atoms with Crippen LogP contribution >= 0.6 is 11.8 Å². The zero-order valence-electron chi connectivity index (χ0n) is 16.2. The van der Waals surface area contributed by atoms with Crippen LogP contribution in [0.1, 0.15) is 11.3 Å². The summed E-state index contributed by atoms with van der Waals surface area (Å²) in [6, 6.07) is 19.5. The molecule has 0 spiro atoms. The Bertz CT molecular complexity index is 1310. The first-order valence-corrected chi connectivity index (χ1v) is 10.4. The minimum atomic E-state index is -0.417. The van der Waals surface area contributed by atoms with E-state index in [0.717, 1.165) is 39.6 Å². The average molecular weight is 428 g/mol. The maximum Gasteiger partial charge on any atom is 0.290 e. The van der Waals surface area contributed by atoms with E-state index in [2.05, 4.69) is 10.3 Å². The van der Waals surface area contributed by atoms with E-state index in [1.54, 1.807) is 24.5 Å². The molecule has 5 rings (SSSR count). The highest BCUT2D eigenvalue weighted by molar-refractivity contribution is 8.18. The largest absolute Gasteiger partial charge is 0.489 e. The van der Waals surface area contributed by atoms with Gasteiger partial charge in [-0.25, -0.2) is 0 Å². The quantitative estimate of drug-likeness (QED) is 0.429. The molecule has 1 N–H and O–H groups in total. The highest BCUT2D eigenvalue weighted by atomic mass is 32.2. The molecule has 0 aliphatic carbocycles. The fraction of sp³-hybridized carbons (Fsp3) is 0.0417. The average Bonchev–Trinajstić information content (AvgIpc) is 3.35. The molecule has 4 aromatic rings. The summed E-state index contributed by atoms with van der Waals surface area (Å²) in [5.41, 5.74) is 3.53. The molecule has 0 saturated carbocycles. The number of ether oxygens (including phenoxy) is 1. The summed E-state index contributed by atoms with van der Waals surface area (Å²) in [4.78, 5) is 27.8. The van der Waals surface area contributed by atoms with Gasteiger partial charge in [0.2, 0.25) is 0 Å². The monoisotopic (exact) mass is 428 g/mol. The Kier molecular flexibility index (Phi) is 5.01. The van der Waals surface area contributed by atoms with E-state index in [1.165, 1.54) is 0 Å². The minimum Gasteiger partial charge on any atom is -0.489 e. The fourth-order valence-corrected chi connectivity index (χ4v) is 3.94. The Hall–Kier alpha value is -3.84. The normalized spacial score (nSPS) is 14.9. The number of fused-ring (bicyclic) bond motifs is 1. The molecular weight excluding hydrogens is 412 g/mol. The summed E-state index contributed by atoms with van der Waals surface area (Å²) in [5, 5.41) is 2.66. The second kappa shape index (κ2) is 8.12. The van der Waals surface area contributed by atoms with Crippen LogP contribution in [0.15, 0.2) is 82.4 Å². The number of pyridine rings is 1. The Labute approximate surface area is 181 Å². The van der Waals surface area contributed by atoms with Gasteiger partial charge < -0.3 is 9.15 Å². The van der Waals surface area contributed by atoms with Gasteiger partial charge in [0, 0.05) is 29.4 Å². The number of amides is 2. The van der Waals surface area contributed by atoms with Crippen molar-refractivity contribution in [3.63, 3.8) is 0 Å². The lowest BCUT2D eigenvalue weighted by Crippen LogP contribution is -2.17. The first kappa shape index (κ1) is 19.1. The molecule has 0 atom stereocenters. The van der Waals surface area contributed by atoms with Gasteiger partial charge in [-0.15, -0.1) is 0 Å². The molecule has 1 saturated heterocycles. The summed E-state index contributed by atoms with van der Waals surface area (Å²) in [6.07, 6.45) is 5.01. The van der Waals surface area contributed by atoms with E-state index in [-0.39, 0.29) is 5.24 Å². The van der Waals surface area contributed by atoms with Crippen molar-refractivity contribution in [3.05, 3.63) is 89.3 Å². The smallest absolute Gasteiger partial charge is 0.290 e. The fourth-order valence-electron chi connectivity index (χ4n) is 3.28. The third-order valence-electron chi connectivity index (χ3n) is 4.77. The second-order valence-electron chi connectivity index (χ2n) is 6.91. The predicted octanol–water partition coefficient (Wildman–Crippen LogP) is 5.40. The van der Waals surface area contributed by atoms with E-state index in [4.69, 9.17) is 9.15 Å². The number of hydrogen-bond donors (Lipinski definition) is 1. The van der Waals surface area contributed by atoms with Crippen molar-refractivity contribution in [2.45, 2.75) is 6.61 Å². The first-order valence-electron chi connectivity index (χ1n) is 9.55. The molecular formula is C24H16N2O4S. The van der Waals surface area contributed by atoms with Gasteiger partial charge in [0.05, 0.1) is 4.91 Å². The van der Waals surface area contributed by atoms with Crippen molar-refractivity contribution in [1.29, 1.82) is 0 Å². The number of nitrogens with zero attached hydrogens (tertiary/aromatic N) is 1. The molecule has 2 aromatic heterocycles. The molecule has 6 nitrogen and oxygen atoms in total. The van der Waals surface area contributed by atoms with E-state index in [0.29, 0.717) is 22.9 Å². The first-order chi connectivity index (χ1) is 15.2. The van der Waals surface area contributed by atoms with Gasteiger partial charge in [0.25, 0.3) is 11.1 Å². The van der Waals surface area contributed by atoms with E-state index in [1.807, 2.05) is 54.6 Å². The predicted molar refractivity (Wildman–Crippen MR) is 119 cm³/mol. The van der Waals surface area contributed by atoms with E-state index < -0.39 is 5.91 Å². The molecule has 0 bridgehead atoms. The number of aromatic nitrogens is 1. The van der Waals surface area contributed by atoms with E-state index >= 15 is 0 Å². The van der Waals surface area contributed by atoms with Crippen LogP contribution in [0.4, 0.5) is 4.79 Å². The van der Waals surface area contributed by atoms with Crippen molar-refractivity contribution < 1.29 is 18.7 Å². The summed E-state index contributed by atoms with van der Waals surface area (Å²) in [5.74, 6) is 0.839. The van der Waals surface area contributed by atoms with Crippen molar-refractivity contribution in [2.75, 3.05) is 0 Å². The van der Waals surface area contributed by atoms with Crippen molar-refractivity contribution in [2.24, 2.45) is 0 Å². The van der Waals surface area contributed by atoms with Crippen LogP contribution in [0.25, 0.3) is 28.2 Å². The molecule has 0 radical (unpaired) electrons. The number of furan rings is 1. The Morgan fingerprint density at radius 1 is 1.03 bits per heavy atom. The number of benzene rings is 2. The van der Waals surface area contributed by atoms with Gasteiger partial charge in [-0.2, -0.15) is 0 Å². The van der Waals surface area contributed by atoms with Crippen LogP contribution < -0.4 is 10.1 Å². The number of hydrogen-bond acceptors (Lipinski definition) is 6. The molecule has 2 aromatic carbocycles. The van der Waals surface area contributed by atoms with Gasteiger partial charge in [-0.05, 0) is 41.1 Å². The second-order valence-corrected chi connectivity index (χ2v) is 7.92. The minimum absolute atomic E-state index is 0.304. The number of imide groups is 1. The van der Waals surface area contributed by atoms with Crippen molar-refractivity contribution >= 4 is 40.0 Å². The Morgan fingerprint density at radius 3 is 2.58 bits per heavy atom. The zero-order valence-corrected chi connectivity index (χ0v) is 17.0. The maximum atomic E-state index is 11.8. The molecule has 0 unspecified atom stereocenters. The summed E-state index contributed by atoms with van der Waals surface area (Å²) < 4.78 is 11.8. The van der Waals surface area contributed by atoms with Gasteiger partial charge >= 0.3 is 0 Å². The number of rotatable bonds is 5. The molecule has 7 heteroatoms. The number of carbonyl (C=O) groups excluding carboxylic acids is 2. The van der Waals surface area contributed by atoms with Crippen LogP contribution in [-0.4, -0.2) is 16.1 Å². The van der Waals surface area contributed by atoms with Gasteiger partial charge in [0.15, 0.2) is 0 Å². The summed E-state index contributed by atoms with van der Waals surface area (Å²) >= 11 is 0.856. The lowest BCUT2D eigenvalue weighted by atomic mass is 10.1. The van der Waals surface area contributed by atoms with Crippen LogP contribution in [0, 0.1) is 0 Å². The highest BCUT2D eigenvalue weighted by Crippen LogP contribution is 2.33. The van der Waals surface area contributed by atoms with Crippen LogP contribution in [0.3, 0.4) is 0 Å². The maximum absolute atomic E-state index is 11.8. The molecule has 3 heterocycles. The Balaban J connectivity index is 1.40. The van der Waals surface area contributed by atoms with Gasteiger partial charge in [-0.1, -0.05) is 42.5 Å². The third kappa shape index (κ3) is 4.08. The lowest BCUT2D eigenvalue weighted by Gasteiger charge is -2.08. The number of thioether (sulfide) groups is 1. The molecule has 1 aliphatic heterocycles. The van der Waals surface area contributed by atoms with Gasteiger partial charge in [-0.3, -0.25) is 19.9 Å². The topological polar surface area (TPSA) is 81.4 Å². The van der Waals surface area contributed by atoms with Crippen molar-refractivity contribution in [1.82, 2.24) is 10.3 Å². The number of nitrogens with one attached hydrogen (secondary N) is 1. The van der Waals surface area contributed by atoms with Crippen LogP contribution in [0.2, 0.25) is 0 Å². The lowest BCUT2D eigenvalue weighted by molar-refractivity contribution is -0.115. The van der Waals surface area contributed by atoms with Gasteiger partial charge in [0.1, 0.15) is 23.7 Å². The number of carbonyl (C=O) groups is 2. The van der Waals surface area contributed by atoms with E-state index in [9.17, 15) is 9.59 Å². The SMILES string of the molecule is O=C1NC(=O)/C(=C/c2cc3cncc(-c4ccc(OCc5ccccc5)cc4)c3o2)S1. The zero-order chi connectivity index (χ0) is 21.2.